The maximum absolute atomic E-state index is 11.9. The van der Waals surface area contributed by atoms with E-state index >= 15 is 0 Å². The molecule has 8 nitrogen and oxygen atoms in total. The minimum absolute atomic E-state index is 0.00406. The molecule has 1 aromatic heterocycles. The van der Waals surface area contributed by atoms with Crippen molar-refractivity contribution in [2.24, 2.45) is 0 Å². The highest BCUT2D eigenvalue weighted by Gasteiger charge is 2.14. The van der Waals surface area contributed by atoms with Crippen molar-refractivity contribution >= 4 is 16.0 Å². The molecule has 0 aliphatic heterocycles. The van der Waals surface area contributed by atoms with Crippen molar-refractivity contribution in [3.63, 3.8) is 0 Å². The predicted octanol–water partition coefficient (Wildman–Crippen LogP) is 0.289. The second kappa shape index (κ2) is 5.80. The van der Waals surface area contributed by atoms with Gasteiger partial charge in [-0.05, 0) is 24.3 Å². The number of carboxylic acid groups (broad SMARTS) is 1. The van der Waals surface area contributed by atoms with Gasteiger partial charge in [0.2, 0.25) is 16.4 Å². The third-order valence-corrected chi connectivity index (χ3v) is 3.94. The molecule has 0 amide bonds. The molecule has 0 atom stereocenters. The zero-order valence-corrected chi connectivity index (χ0v) is 11.0. The fourth-order valence-corrected chi connectivity index (χ4v) is 2.49. The van der Waals surface area contributed by atoms with Gasteiger partial charge < -0.3 is 9.63 Å². The van der Waals surface area contributed by atoms with Crippen molar-refractivity contribution in [3.05, 3.63) is 42.0 Å². The summed E-state index contributed by atoms with van der Waals surface area (Å²) in [7, 11) is -3.69. The number of hydrogen-bond acceptors (Lipinski definition) is 6. The van der Waals surface area contributed by atoms with Gasteiger partial charge in [0.25, 0.3) is 0 Å². The van der Waals surface area contributed by atoms with Gasteiger partial charge in [0.15, 0.2) is 5.82 Å². The first-order valence-corrected chi connectivity index (χ1v) is 7.05. The Morgan fingerprint density at radius 2 is 2.00 bits per heavy atom. The number of nitrogens with one attached hydrogen (secondary N) is 1. The molecule has 0 aliphatic carbocycles. The molecule has 0 unspecified atom stereocenters. The average molecular weight is 297 g/mol. The maximum atomic E-state index is 11.9. The topological polar surface area (TPSA) is 122 Å². The van der Waals surface area contributed by atoms with Crippen LogP contribution in [0.3, 0.4) is 0 Å². The largest absolute Gasteiger partial charge is 0.478 e. The fraction of sp³-hybridized carbons (Fsp3) is 0.182. The first kappa shape index (κ1) is 14.2. The van der Waals surface area contributed by atoms with Gasteiger partial charge in [-0.15, -0.1) is 0 Å². The SMILES string of the molecule is O=C(O)c1ccc(S(=O)(=O)NCCc2ncon2)cc1. The van der Waals surface area contributed by atoms with Crippen LogP contribution in [0, 0.1) is 0 Å². The monoisotopic (exact) mass is 297 g/mol. The third-order valence-electron chi connectivity index (χ3n) is 2.46. The van der Waals surface area contributed by atoms with Crippen LogP contribution in [-0.4, -0.2) is 36.2 Å². The van der Waals surface area contributed by atoms with E-state index < -0.39 is 16.0 Å². The highest BCUT2D eigenvalue weighted by atomic mass is 32.2. The lowest BCUT2D eigenvalue weighted by Gasteiger charge is -2.05. The molecule has 106 valence electrons. The van der Waals surface area contributed by atoms with E-state index in [1.54, 1.807) is 0 Å². The molecule has 2 rings (SSSR count). The molecule has 0 spiro atoms. The molecule has 9 heteroatoms. The standard InChI is InChI=1S/C11H11N3O5S/c15-11(16)8-1-3-9(4-2-8)20(17,18)13-6-5-10-12-7-19-14-10/h1-4,7,13H,5-6H2,(H,15,16). The van der Waals surface area contributed by atoms with Crippen molar-refractivity contribution in [2.45, 2.75) is 11.3 Å². The molecular weight excluding hydrogens is 286 g/mol. The summed E-state index contributed by atoms with van der Waals surface area (Å²) in [5.41, 5.74) is 0.0238. The van der Waals surface area contributed by atoms with E-state index in [-0.39, 0.29) is 17.0 Å². The Morgan fingerprint density at radius 1 is 1.30 bits per heavy atom. The fourth-order valence-electron chi connectivity index (χ4n) is 1.46. The summed E-state index contributed by atoms with van der Waals surface area (Å²) in [4.78, 5) is 14.4. The Kier molecular flexibility index (Phi) is 4.11. The predicted molar refractivity (Wildman–Crippen MR) is 66.6 cm³/mol. The van der Waals surface area contributed by atoms with Gasteiger partial charge in [-0.3, -0.25) is 0 Å². The van der Waals surface area contributed by atoms with Crippen molar-refractivity contribution in [2.75, 3.05) is 6.54 Å². The summed E-state index contributed by atoms with van der Waals surface area (Å²) in [6.45, 7) is 0.114. The van der Waals surface area contributed by atoms with E-state index in [1.807, 2.05) is 0 Å². The zero-order valence-electron chi connectivity index (χ0n) is 10.2. The second-order valence-electron chi connectivity index (χ2n) is 3.82. The Balaban J connectivity index is 2.00. The van der Waals surface area contributed by atoms with Crippen LogP contribution in [0.4, 0.5) is 0 Å². The molecular formula is C11H11N3O5S. The van der Waals surface area contributed by atoms with Gasteiger partial charge in [0.05, 0.1) is 10.5 Å². The Hall–Kier alpha value is -2.26. The van der Waals surface area contributed by atoms with E-state index in [0.717, 1.165) is 6.39 Å². The number of hydrogen-bond donors (Lipinski definition) is 2. The van der Waals surface area contributed by atoms with Gasteiger partial charge in [0, 0.05) is 13.0 Å². The second-order valence-corrected chi connectivity index (χ2v) is 5.59. The lowest BCUT2D eigenvalue weighted by molar-refractivity contribution is 0.0696. The molecule has 0 bridgehead atoms. The van der Waals surface area contributed by atoms with Crippen LogP contribution in [-0.2, 0) is 16.4 Å². The molecule has 0 saturated heterocycles. The van der Waals surface area contributed by atoms with E-state index in [4.69, 9.17) is 5.11 Å². The van der Waals surface area contributed by atoms with Crippen LogP contribution >= 0.6 is 0 Å². The van der Waals surface area contributed by atoms with E-state index in [0.29, 0.717) is 12.2 Å². The number of benzene rings is 1. The molecule has 2 aromatic rings. The average Bonchev–Trinajstić information content (AvgIpc) is 2.92. The highest BCUT2D eigenvalue weighted by molar-refractivity contribution is 7.89. The Morgan fingerprint density at radius 3 is 2.55 bits per heavy atom. The summed E-state index contributed by atoms with van der Waals surface area (Å²) < 4.78 is 30.7. The van der Waals surface area contributed by atoms with E-state index in [9.17, 15) is 13.2 Å². The minimum Gasteiger partial charge on any atom is -0.478 e. The summed E-state index contributed by atoms with van der Waals surface area (Å²) in [5.74, 6) is -0.715. The van der Waals surface area contributed by atoms with Crippen LogP contribution in [0.5, 0.6) is 0 Å². The van der Waals surface area contributed by atoms with Gasteiger partial charge in [-0.2, -0.15) is 4.98 Å². The first-order chi connectivity index (χ1) is 9.49. The summed E-state index contributed by atoms with van der Waals surface area (Å²) in [6.07, 6.45) is 1.46. The van der Waals surface area contributed by atoms with Crippen molar-refractivity contribution in [1.82, 2.24) is 14.9 Å². The van der Waals surface area contributed by atoms with E-state index in [1.165, 1.54) is 24.3 Å². The molecule has 2 N–H and O–H groups in total. The van der Waals surface area contributed by atoms with Crippen molar-refractivity contribution < 1.29 is 22.8 Å². The Labute approximate surface area is 114 Å². The minimum atomic E-state index is -3.69. The van der Waals surface area contributed by atoms with Crippen LogP contribution in [0.1, 0.15) is 16.2 Å². The Bertz CT molecular complexity index is 679. The summed E-state index contributed by atoms with van der Waals surface area (Å²) >= 11 is 0. The van der Waals surface area contributed by atoms with Gasteiger partial charge in [0.1, 0.15) is 0 Å². The lowest BCUT2D eigenvalue weighted by Crippen LogP contribution is -2.26. The molecule has 1 heterocycles. The molecule has 0 saturated carbocycles. The molecule has 1 aromatic carbocycles. The van der Waals surface area contributed by atoms with Crippen LogP contribution in [0.25, 0.3) is 0 Å². The molecule has 0 aliphatic rings. The smallest absolute Gasteiger partial charge is 0.335 e. The molecule has 0 radical (unpaired) electrons. The highest BCUT2D eigenvalue weighted by Crippen LogP contribution is 2.10. The normalized spacial score (nSPS) is 11.4. The lowest BCUT2D eigenvalue weighted by atomic mass is 10.2. The third kappa shape index (κ3) is 3.39. The first-order valence-electron chi connectivity index (χ1n) is 5.57. The number of nitrogens with zero attached hydrogens (tertiary/aromatic N) is 2. The van der Waals surface area contributed by atoms with E-state index in [2.05, 4.69) is 19.4 Å². The number of carbonyl (C=O) groups is 1. The number of sulfonamides is 1. The maximum Gasteiger partial charge on any atom is 0.335 e. The number of rotatable bonds is 6. The van der Waals surface area contributed by atoms with Crippen LogP contribution < -0.4 is 4.72 Å². The molecule has 20 heavy (non-hydrogen) atoms. The van der Waals surface area contributed by atoms with Gasteiger partial charge in [-0.25, -0.2) is 17.9 Å². The van der Waals surface area contributed by atoms with Crippen molar-refractivity contribution in [1.29, 1.82) is 0 Å². The molecule has 0 fully saturated rings. The van der Waals surface area contributed by atoms with Crippen LogP contribution in [0.2, 0.25) is 0 Å². The summed E-state index contributed by atoms with van der Waals surface area (Å²) in [6, 6.07) is 4.94. The van der Waals surface area contributed by atoms with Gasteiger partial charge >= 0.3 is 5.97 Å². The zero-order chi connectivity index (χ0) is 14.6. The summed E-state index contributed by atoms with van der Waals surface area (Å²) in [5, 5.41) is 12.3. The quantitative estimate of drug-likeness (QED) is 0.785. The number of aromatic nitrogens is 2. The number of aromatic carboxylic acids is 1. The van der Waals surface area contributed by atoms with Gasteiger partial charge in [-0.1, -0.05) is 5.16 Å². The van der Waals surface area contributed by atoms with Crippen LogP contribution in [0.15, 0.2) is 40.1 Å². The van der Waals surface area contributed by atoms with Crippen molar-refractivity contribution in [3.8, 4) is 0 Å². The number of carboxylic acids is 1.